The molecule has 23 heavy (non-hydrogen) atoms. The van der Waals surface area contributed by atoms with Crippen LogP contribution in [0.1, 0.15) is 12.5 Å². The summed E-state index contributed by atoms with van der Waals surface area (Å²) in [6, 6.07) is 8.67. The molecule has 1 saturated heterocycles. The lowest BCUT2D eigenvalue weighted by atomic mass is 10.1. The summed E-state index contributed by atoms with van der Waals surface area (Å²) in [6.45, 7) is 2.49. The van der Waals surface area contributed by atoms with Crippen molar-refractivity contribution in [1.82, 2.24) is 20.5 Å². The number of hydrogen-bond donors (Lipinski definition) is 2. The summed E-state index contributed by atoms with van der Waals surface area (Å²) in [5.41, 5.74) is 3.82. The second kappa shape index (κ2) is 6.07. The molecule has 0 bridgehead atoms. The number of likely N-dealkylation sites (N-methyl/N-ethyl adjacent to an activating group) is 2. The van der Waals surface area contributed by atoms with Gasteiger partial charge in [-0.3, -0.25) is 10.1 Å². The standard InChI is InChI=1S/C15H18N6O2/c1-3-21-11-12(20(2)15(23)18-13(11)22)17-14(21)19-16-9-10-7-5-4-6-8-10/h4-9,11-12H,3H2,1-2H3,(H,17,19)(H,18,22,23)/b16-9+. The fourth-order valence-electron chi connectivity index (χ4n) is 2.67. The van der Waals surface area contributed by atoms with E-state index in [0.717, 1.165) is 5.56 Å². The van der Waals surface area contributed by atoms with E-state index in [0.29, 0.717) is 12.5 Å². The number of hydrogen-bond acceptors (Lipinski definition) is 6. The highest BCUT2D eigenvalue weighted by atomic mass is 16.2. The Labute approximate surface area is 133 Å². The molecule has 120 valence electrons. The predicted octanol–water partition coefficient (Wildman–Crippen LogP) is 0.178. The number of benzene rings is 1. The van der Waals surface area contributed by atoms with Crippen molar-refractivity contribution in [3.05, 3.63) is 35.9 Å². The Morgan fingerprint density at radius 2 is 2.09 bits per heavy atom. The zero-order chi connectivity index (χ0) is 16.4. The Kier molecular flexibility index (Phi) is 3.96. The van der Waals surface area contributed by atoms with Crippen LogP contribution in [0.25, 0.3) is 0 Å². The molecule has 2 heterocycles. The quantitative estimate of drug-likeness (QED) is 0.615. The molecule has 2 N–H and O–H groups in total. The van der Waals surface area contributed by atoms with Crippen molar-refractivity contribution in [3.8, 4) is 0 Å². The number of aliphatic imine (C=N–C) groups is 1. The number of amides is 3. The molecule has 2 aliphatic heterocycles. The van der Waals surface area contributed by atoms with Gasteiger partial charge < -0.3 is 9.80 Å². The Morgan fingerprint density at radius 3 is 2.78 bits per heavy atom. The normalized spacial score (nSPS) is 23.8. The minimum atomic E-state index is -0.536. The van der Waals surface area contributed by atoms with Crippen molar-refractivity contribution in [2.45, 2.75) is 19.1 Å². The fraction of sp³-hybridized carbons (Fsp3) is 0.333. The topological polar surface area (TPSA) is 89.4 Å². The monoisotopic (exact) mass is 314 g/mol. The van der Waals surface area contributed by atoms with Gasteiger partial charge >= 0.3 is 6.03 Å². The highest BCUT2D eigenvalue weighted by Crippen LogP contribution is 2.22. The van der Waals surface area contributed by atoms with Crippen LogP contribution in [0.4, 0.5) is 4.79 Å². The number of carbonyl (C=O) groups is 2. The summed E-state index contributed by atoms with van der Waals surface area (Å²) >= 11 is 0. The van der Waals surface area contributed by atoms with Gasteiger partial charge in [0.2, 0.25) is 5.96 Å². The number of hydrazone groups is 1. The summed E-state index contributed by atoms with van der Waals surface area (Å²) in [5, 5.41) is 6.50. The highest BCUT2D eigenvalue weighted by Gasteiger charge is 2.48. The van der Waals surface area contributed by atoms with Crippen molar-refractivity contribution in [1.29, 1.82) is 0 Å². The molecule has 3 rings (SSSR count). The lowest BCUT2D eigenvalue weighted by Crippen LogP contribution is -2.64. The van der Waals surface area contributed by atoms with Crippen molar-refractivity contribution in [3.63, 3.8) is 0 Å². The number of nitrogens with one attached hydrogen (secondary N) is 2. The van der Waals surface area contributed by atoms with Gasteiger partial charge in [-0.2, -0.15) is 5.10 Å². The number of imide groups is 1. The second-order valence-corrected chi connectivity index (χ2v) is 5.28. The largest absolute Gasteiger partial charge is 0.326 e. The Bertz CT molecular complexity index is 672. The summed E-state index contributed by atoms with van der Waals surface area (Å²) in [5.74, 6) is 0.138. The molecular formula is C15H18N6O2. The maximum Gasteiger partial charge on any atom is 0.325 e. The summed E-state index contributed by atoms with van der Waals surface area (Å²) < 4.78 is 0. The van der Waals surface area contributed by atoms with Crippen molar-refractivity contribution >= 4 is 24.1 Å². The van der Waals surface area contributed by atoms with E-state index in [-0.39, 0.29) is 5.91 Å². The fourth-order valence-corrected chi connectivity index (χ4v) is 2.67. The average molecular weight is 314 g/mol. The Hall–Kier alpha value is -2.90. The van der Waals surface area contributed by atoms with Gasteiger partial charge in [-0.05, 0) is 12.5 Å². The first-order valence-electron chi connectivity index (χ1n) is 7.38. The van der Waals surface area contributed by atoms with Crippen LogP contribution in [0.15, 0.2) is 40.4 Å². The molecule has 0 radical (unpaired) electrons. The van der Waals surface area contributed by atoms with Crippen LogP contribution in [-0.4, -0.2) is 59.7 Å². The van der Waals surface area contributed by atoms with Crippen molar-refractivity contribution < 1.29 is 9.59 Å². The summed E-state index contributed by atoms with van der Waals surface area (Å²) in [6.07, 6.45) is 1.14. The molecule has 8 heteroatoms. The van der Waals surface area contributed by atoms with Crippen LogP contribution in [0.2, 0.25) is 0 Å². The predicted molar refractivity (Wildman–Crippen MR) is 85.9 cm³/mol. The molecule has 0 aromatic heterocycles. The third-order valence-corrected chi connectivity index (χ3v) is 3.88. The van der Waals surface area contributed by atoms with E-state index in [9.17, 15) is 9.59 Å². The Balaban J connectivity index is 1.77. The van der Waals surface area contributed by atoms with Crippen molar-refractivity contribution in [2.75, 3.05) is 13.6 Å². The molecular weight excluding hydrogens is 296 g/mol. The minimum absolute atomic E-state index is 0.340. The molecule has 2 aliphatic rings. The highest BCUT2D eigenvalue weighted by molar-refractivity contribution is 6.03. The number of rotatable bonds is 3. The van der Waals surface area contributed by atoms with Gasteiger partial charge in [0.15, 0.2) is 12.2 Å². The van der Waals surface area contributed by atoms with Crippen molar-refractivity contribution in [2.24, 2.45) is 10.1 Å². The van der Waals surface area contributed by atoms with Crippen LogP contribution < -0.4 is 10.7 Å². The van der Waals surface area contributed by atoms with E-state index in [4.69, 9.17) is 0 Å². The van der Waals surface area contributed by atoms with E-state index in [1.807, 2.05) is 37.3 Å². The van der Waals surface area contributed by atoms with Crippen LogP contribution in [0.3, 0.4) is 0 Å². The molecule has 2 unspecified atom stereocenters. The average Bonchev–Trinajstić information content (AvgIpc) is 2.93. The van der Waals surface area contributed by atoms with Gasteiger partial charge in [0.25, 0.3) is 5.91 Å². The summed E-state index contributed by atoms with van der Waals surface area (Å²) in [7, 11) is 1.62. The number of fused-ring (bicyclic) bond motifs is 1. The van der Waals surface area contributed by atoms with E-state index in [1.54, 1.807) is 18.2 Å². The first kappa shape index (κ1) is 15.0. The van der Waals surface area contributed by atoms with E-state index >= 15 is 0 Å². The molecule has 2 atom stereocenters. The lowest BCUT2D eigenvalue weighted by Gasteiger charge is -2.35. The molecule has 0 spiro atoms. The third kappa shape index (κ3) is 2.75. The third-order valence-electron chi connectivity index (χ3n) is 3.88. The van der Waals surface area contributed by atoms with Gasteiger partial charge in [0.05, 0.1) is 6.21 Å². The number of carbonyl (C=O) groups excluding carboxylic acids is 2. The van der Waals surface area contributed by atoms with Gasteiger partial charge in [-0.15, -0.1) is 0 Å². The second-order valence-electron chi connectivity index (χ2n) is 5.28. The smallest absolute Gasteiger partial charge is 0.325 e. The SMILES string of the molecule is CCN1C(N/N=C/c2ccccc2)=NC2C1C(=O)NC(=O)N2C. The summed E-state index contributed by atoms with van der Waals surface area (Å²) in [4.78, 5) is 31.5. The first-order valence-corrected chi connectivity index (χ1v) is 7.38. The van der Waals surface area contributed by atoms with Crippen LogP contribution in [0, 0.1) is 0 Å². The molecule has 8 nitrogen and oxygen atoms in total. The van der Waals surface area contributed by atoms with E-state index in [1.165, 1.54) is 4.90 Å². The minimum Gasteiger partial charge on any atom is -0.326 e. The number of nitrogens with zero attached hydrogens (tertiary/aromatic N) is 4. The lowest BCUT2D eigenvalue weighted by molar-refractivity contribution is -0.127. The Morgan fingerprint density at radius 1 is 1.35 bits per heavy atom. The maximum absolute atomic E-state index is 12.1. The zero-order valence-corrected chi connectivity index (χ0v) is 12.9. The molecule has 3 amide bonds. The van der Waals surface area contributed by atoms with Gasteiger partial charge in [-0.1, -0.05) is 30.3 Å². The molecule has 1 aromatic carbocycles. The number of guanidine groups is 1. The molecule has 0 saturated carbocycles. The van der Waals surface area contributed by atoms with Crippen LogP contribution in [0.5, 0.6) is 0 Å². The van der Waals surface area contributed by atoms with E-state index < -0.39 is 18.2 Å². The maximum atomic E-state index is 12.1. The van der Waals surface area contributed by atoms with Crippen LogP contribution >= 0.6 is 0 Å². The molecule has 0 aliphatic carbocycles. The van der Waals surface area contributed by atoms with Gasteiger partial charge in [-0.25, -0.2) is 15.2 Å². The van der Waals surface area contributed by atoms with Crippen LogP contribution in [-0.2, 0) is 4.79 Å². The molecule has 1 aromatic rings. The first-order chi connectivity index (χ1) is 11.1. The van der Waals surface area contributed by atoms with Gasteiger partial charge in [0.1, 0.15) is 0 Å². The molecule has 1 fully saturated rings. The van der Waals surface area contributed by atoms with Gasteiger partial charge in [0, 0.05) is 13.6 Å². The number of urea groups is 1. The van der Waals surface area contributed by atoms with E-state index in [2.05, 4.69) is 20.8 Å². The zero-order valence-electron chi connectivity index (χ0n) is 12.9.